The molecule has 0 bridgehead atoms. The standard InChI is InChI=1S/C12H12N2O3/c1-16-11-4-2-3-9(5-11)12(15)13-6-10-7-17-8-14-10/h2-5,7-8H,6H2,1H3,(H,13,15). The molecular weight excluding hydrogens is 220 g/mol. The molecule has 1 aromatic carbocycles. The quantitative estimate of drug-likeness (QED) is 0.869. The zero-order valence-corrected chi connectivity index (χ0v) is 9.34. The van der Waals surface area contributed by atoms with Gasteiger partial charge in [0.05, 0.1) is 19.3 Å². The molecule has 1 aromatic heterocycles. The highest BCUT2D eigenvalue weighted by Gasteiger charge is 2.06. The summed E-state index contributed by atoms with van der Waals surface area (Å²) in [4.78, 5) is 15.7. The van der Waals surface area contributed by atoms with Gasteiger partial charge in [0.1, 0.15) is 12.0 Å². The topological polar surface area (TPSA) is 64.4 Å². The average Bonchev–Trinajstić information content (AvgIpc) is 2.89. The van der Waals surface area contributed by atoms with Crippen LogP contribution in [-0.2, 0) is 6.54 Å². The van der Waals surface area contributed by atoms with Gasteiger partial charge in [0.25, 0.3) is 5.91 Å². The van der Waals surface area contributed by atoms with Gasteiger partial charge in [-0.2, -0.15) is 0 Å². The number of hydrogen-bond donors (Lipinski definition) is 1. The molecule has 0 unspecified atom stereocenters. The smallest absolute Gasteiger partial charge is 0.251 e. The fourth-order valence-corrected chi connectivity index (χ4v) is 1.36. The Kier molecular flexibility index (Phi) is 3.40. The first-order chi connectivity index (χ1) is 8.29. The summed E-state index contributed by atoms with van der Waals surface area (Å²) in [5.74, 6) is 0.478. The van der Waals surface area contributed by atoms with E-state index < -0.39 is 0 Å². The second-order valence-electron chi connectivity index (χ2n) is 3.39. The molecule has 0 spiro atoms. The third-order valence-electron chi connectivity index (χ3n) is 2.25. The van der Waals surface area contributed by atoms with E-state index in [1.165, 1.54) is 12.7 Å². The summed E-state index contributed by atoms with van der Waals surface area (Å²) < 4.78 is 9.85. The normalized spacial score (nSPS) is 9.94. The van der Waals surface area contributed by atoms with Gasteiger partial charge in [0, 0.05) is 5.56 Å². The molecule has 0 saturated carbocycles. The molecule has 2 rings (SSSR count). The van der Waals surface area contributed by atoms with Gasteiger partial charge in [0.2, 0.25) is 0 Å². The number of nitrogens with one attached hydrogen (secondary N) is 1. The Hall–Kier alpha value is -2.30. The number of benzene rings is 1. The van der Waals surface area contributed by atoms with E-state index in [0.29, 0.717) is 23.6 Å². The lowest BCUT2D eigenvalue weighted by Crippen LogP contribution is -2.22. The van der Waals surface area contributed by atoms with Crippen molar-refractivity contribution in [3.05, 3.63) is 48.2 Å². The van der Waals surface area contributed by atoms with Crippen LogP contribution in [-0.4, -0.2) is 18.0 Å². The fourth-order valence-electron chi connectivity index (χ4n) is 1.36. The number of carbonyl (C=O) groups is 1. The maximum atomic E-state index is 11.8. The molecule has 88 valence electrons. The zero-order valence-electron chi connectivity index (χ0n) is 9.34. The molecule has 1 N–H and O–H groups in total. The Morgan fingerprint density at radius 1 is 1.53 bits per heavy atom. The van der Waals surface area contributed by atoms with Gasteiger partial charge in [-0.05, 0) is 18.2 Å². The SMILES string of the molecule is COc1cccc(C(=O)NCc2cocn2)c1. The minimum atomic E-state index is -0.174. The summed E-state index contributed by atoms with van der Waals surface area (Å²) in [7, 11) is 1.56. The first-order valence-electron chi connectivity index (χ1n) is 5.09. The van der Waals surface area contributed by atoms with Crippen LogP contribution >= 0.6 is 0 Å². The Bertz CT molecular complexity index is 494. The molecule has 17 heavy (non-hydrogen) atoms. The predicted octanol–water partition coefficient (Wildman–Crippen LogP) is 1.61. The van der Waals surface area contributed by atoms with Gasteiger partial charge in [-0.15, -0.1) is 0 Å². The summed E-state index contributed by atoms with van der Waals surface area (Å²) in [5.41, 5.74) is 1.23. The van der Waals surface area contributed by atoms with Crippen LogP contribution < -0.4 is 10.1 Å². The minimum Gasteiger partial charge on any atom is -0.497 e. The van der Waals surface area contributed by atoms with Crippen LogP contribution in [0.15, 0.2) is 41.3 Å². The number of rotatable bonds is 4. The highest BCUT2D eigenvalue weighted by molar-refractivity contribution is 5.94. The van der Waals surface area contributed by atoms with E-state index in [1.807, 2.05) is 0 Å². The van der Waals surface area contributed by atoms with Gasteiger partial charge < -0.3 is 14.5 Å². The molecule has 1 amide bonds. The lowest BCUT2D eigenvalue weighted by Gasteiger charge is -2.04. The van der Waals surface area contributed by atoms with Crippen molar-refractivity contribution in [2.45, 2.75) is 6.54 Å². The molecule has 1 heterocycles. The monoisotopic (exact) mass is 232 g/mol. The lowest BCUT2D eigenvalue weighted by atomic mass is 10.2. The fraction of sp³-hybridized carbons (Fsp3) is 0.167. The van der Waals surface area contributed by atoms with E-state index >= 15 is 0 Å². The Labute approximate surface area is 98.4 Å². The summed E-state index contributed by atoms with van der Waals surface area (Å²) in [5, 5.41) is 2.74. The van der Waals surface area contributed by atoms with Crippen LogP contribution in [0.1, 0.15) is 16.1 Å². The molecule has 0 aliphatic carbocycles. The van der Waals surface area contributed by atoms with Gasteiger partial charge in [-0.1, -0.05) is 6.07 Å². The van der Waals surface area contributed by atoms with E-state index in [2.05, 4.69) is 10.3 Å². The van der Waals surface area contributed by atoms with E-state index in [9.17, 15) is 4.79 Å². The second kappa shape index (κ2) is 5.16. The predicted molar refractivity (Wildman–Crippen MR) is 60.7 cm³/mol. The second-order valence-corrected chi connectivity index (χ2v) is 3.39. The van der Waals surface area contributed by atoms with Crippen molar-refractivity contribution >= 4 is 5.91 Å². The van der Waals surface area contributed by atoms with E-state index in [0.717, 1.165) is 0 Å². The number of oxazole rings is 1. The highest BCUT2D eigenvalue weighted by atomic mass is 16.5. The van der Waals surface area contributed by atoms with Gasteiger partial charge >= 0.3 is 0 Å². The highest BCUT2D eigenvalue weighted by Crippen LogP contribution is 2.12. The third-order valence-corrected chi connectivity index (χ3v) is 2.25. The van der Waals surface area contributed by atoms with Crippen molar-refractivity contribution in [1.82, 2.24) is 10.3 Å². The maximum absolute atomic E-state index is 11.8. The van der Waals surface area contributed by atoms with Crippen LogP contribution in [0.25, 0.3) is 0 Å². The first kappa shape index (κ1) is 11.2. The van der Waals surface area contributed by atoms with Crippen LogP contribution in [0.2, 0.25) is 0 Å². The minimum absolute atomic E-state index is 0.174. The largest absolute Gasteiger partial charge is 0.497 e. The Balaban J connectivity index is 1.99. The van der Waals surface area contributed by atoms with Gasteiger partial charge in [-0.25, -0.2) is 4.98 Å². The van der Waals surface area contributed by atoms with Gasteiger partial charge in [0.15, 0.2) is 6.39 Å². The van der Waals surface area contributed by atoms with E-state index in [1.54, 1.807) is 31.4 Å². The number of ether oxygens (including phenoxy) is 1. The van der Waals surface area contributed by atoms with Crippen molar-refractivity contribution in [2.24, 2.45) is 0 Å². The third kappa shape index (κ3) is 2.84. The van der Waals surface area contributed by atoms with Crippen molar-refractivity contribution in [1.29, 1.82) is 0 Å². The van der Waals surface area contributed by atoms with Crippen LogP contribution in [0.3, 0.4) is 0 Å². The molecule has 0 fully saturated rings. The van der Waals surface area contributed by atoms with Crippen molar-refractivity contribution in [3.63, 3.8) is 0 Å². The molecule has 5 heteroatoms. The lowest BCUT2D eigenvalue weighted by molar-refractivity contribution is 0.0950. The molecular formula is C12H12N2O3. The number of amides is 1. The van der Waals surface area contributed by atoms with Crippen molar-refractivity contribution < 1.29 is 13.9 Å². The molecule has 5 nitrogen and oxygen atoms in total. The van der Waals surface area contributed by atoms with Crippen LogP contribution in [0.5, 0.6) is 5.75 Å². The first-order valence-corrected chi connectivity index (χ1v) is 5.09. The number of aromatic nitrogens is 1. The molecule has 0 aliphatic heterocycles. The van der Waals surface area contributed by atoms with Crippen LogP contribution in [0, 0.1) is 0 Å². The number of nitrogens with zero attached hydrogens (tertiary/aromatic N) is 1. The number of methoxy groups -OCH3 is 1. The van der Waals surface area contributed by atoms with E-state index in [4.69, 9.17) is 9.15 Å². The Morgan fingerprint density at radius 2 is 2.41 bits per heavy atom. The van der Waals surface area contributed by atoms with E-state index in [-0.39, 0.29) is 5.91 Å². The summed E-state index contributed by atoms with van der Waals surface area (Å²) in [6.45, 7) is 0.340. The maximum Gasteiger partial charge on any atom is 0.251 e. The van der Waals surface area contributed by atoms with Crippen molar-refractivity contribution in [3.8, 4) is 5.75 Å². The summed E-state index contributed by atoms with van der Waals surface area (Å²) in [6, 6.07) is 6.96. The molecule has 0 aliphatic rings. The summed E-state index contributed by atoms with van der Waals surface area (Å²) in [6.07, 6.45) is 2.82. The van der Waals surface area contributed by atoms with Crippen molar-refractivity contribution in [2.75, 3.05) is 7.11 Å². The Morgan fingerprint density at radius 3 is 3.12 bits per heavy atom. The molecule has 0 atom stereocenters. The number of carbonyl (C=O) groups excluding carboxylic acids is 1. The average molecular weight is 232 g/mol. The van der Waals surface area contributed by atoms with Gasteiger partial charge in [-0.3, -0.25) is 4.79 Å². The summed E-state index contributed by atoms with van der Waals surface area (Å²) >= 11 is 0. The number of hydrogen-bond acceptors (Lipinski definition) is 4. The molecule has 0 radical (unpaired) electrons. The molecule has 2 aromatic rings. The molecule has 0 saturated heterocycles. The zero-order chi connectivity index (χ0) is 12.1. The van der Waals surface area contributed by atoms with Crippen LogP contribution in [0.4, 0.5) is 0 Å².